The molecule has 2 rings (SSSR count). The van der Waals surface area contributed by atoms with Crippen LogP contribution in [0.2, 0.25) is 0 Å². The van der Waals surface area contributed by atoms with E-state index in [1.807, 2.05) is 36.4 Å². The average Bonchev–Trinajstić information content (AvgIpc) is 2.28. The van der Waals surface area contributed by atoms with Crippen molar-refractivity contribution in [1.29, 1.82) is 0 Å². The molecule has 0 fully saturated rings. The number of fused-ring (bicyclic) bond motifs is 1. The molecule has 0 heterocycles. The summed E-state index contributed by atoms with van der Waals surface area (Å²) in [5.41, 5.74) is 7.36. The third-order valence-electron chi connectivity index (χ3n) is 2.53. The monoisotopic (exact) mass is 215 g/mol. The molecule has 0 aliphatic rings. The quantitative estimate of drug-likeness (QED) is 0.616. The first-order chi connectivity index (χ1) is 7.70. The third-order valence-corrected chi connectivity index (χ3v) is 2.53. The second-order valence-corrected chi connectivity index (χ2v) is 3.65. The van der Waals surface area contributed by atoms with Gasteiger partial charge in [-0.25, -0.2) is 0 Å². The summed E-state index contributed by atoms with van der Waals surface area (Å²) in [6.07, 6.45) is 0.252. The molecule has 0 aliphatic carbocycles. The summed E-state index contributed by atoms with van der Waals surface area (Å²) >= 11 is 0. The molecule has 0 bridgehead atoms. The number of ether oxygens (including phenoxy) is 1. The molecule has 0 spiro atoms. The van der Waals surface area contributed by atoms with Crippen molar-refractivity contribution in [2.45, 2.75) is 6.42 Å². The molecular weight excluding hydrogens is 202 g/mol. The van der Waals surface area contributed by atoms with Gasteiger partial charge in [-0.3, -0.25) is 4.79 Å². The molecule has 0 aliphatic heterocycles. The number of methoxy groups -OCH3 is 1. The van der Waals surface area contributed by atoms with Crippen molar-refractivity contribution in [1.82, 2.24) is 0 Å². The summed E-state index contributed by atoms with van der Waals surface area (Å²) in [4.78, 5) is 11.3. The first-order valence-electron chi connectivity index (χ1n) is 5.04. The van der Waals surface area contributed by atoms with Crippen LogP contribution >= 0.6 is 0 Å². The van der Waals surface area contributed by atoms with Gasteiger partial charge in [0.1, 0.15) is 0 Å². The molecule has 2 aromatic rings. The molecule has 0 radical (unpaired) electrons. The Morgan fingerprint density at radius 3 is 2.81 bits per heavy atom. The van der Waals surface area contributed by atoms with Gasteiger partial charge < -0.3 is 10.5 Å². The van der Waals surface area contributed by atoms with Crippen molar-refractivity contribution in [2.75, 3.05) is 12.8 Å². The van der Waals surface area contributed by atoms with E-state index in [9.17, 15) is 4.79 Å². The van der Waals surface area contributed by atoms with Crippen LogP contribution in [-0.4, -0.2) is 13.1 Å². The van der Waals surface area contributed by atoms with Gasteiger partial charge in [-0.1, -0.05) is 24.3 Å². The van der Waals surface area contributed by atoms with Gasteiger partial charge in [-0.15, -0.1) is 0 Å². The number of nitrogen functional groups attached to an aromatic ring is 1. The summed E-state index contributed by atoms with van der Waals surface area (Å²) in [6.45, 7) is 0. The first kappa shape index (κ1) is 10.5. The van der Waals surface area contributed by atoms with Crippen LogP contribution in [0, 0.1) is 0 Å². The van der Waals surface area contributed by atoms with Gasteiger partial charge in [0.15, 0.2) is 0 Å². The normalized spacial score (nSPS) is 10.3. The molecule has 82 valence electrons. The lowest BCUT2D eigenvalue weighted by Crippen LogP contribution is -2.05. The minimum absolute atomic E-state index is 0.252. The van der Waals surface area contributed by atoms with Crippen molar-refractivity contribution < 1.29 is 9.53 Å². The minimum Gasteiger partial charge on any atom is -0.469 e. The molecule has 16 heavy (non-hydrogen) atoms. The predicted octanol–water partition coefficient (Wildman–Crippen LogP) is 2.14. The van der Waals surface area contributed by atoms with Gasteiger partial charge >= 0.3 is 5.97 Å². The van der Waals surface area contributed by atoms with E-state index in [-0.39, 0.29) is 12.4 Å². The Morgan fingerprint density at radius 1 is 1.31 bits per heavy atom. The third kappa shape index (κ3) is 1.98. The fourth-order valence-electron chi connectivity index (χ4n) is 1.79. The summed E-state index contributed by atoms with van der Waals surface area (Å²) in [5, 5.41) is 2.09. The molecular formula is C13H13NO2. The number of rotatable bonds is 2. The highest BCUT2D eigenvalue weighted by Gasteiger charge is 2.07. The van der Waals surface area contributed by atoms with Gasteiger partial charge in [0.05, 0.1) is 13.5 Å². The summed E-state index contributed by atoms with van der Waals surface area (Å²) in [7, 11) is 1.39. The van der Waals surface area contributed by atoms with Crippen LogP contribution in [0.15, 0.2) is 36.4 Å². The summed E-state index contributed by atoms with van der Waals surface area (Å²) in [5.74, 6) is -0.254. The van der Waals surface area contributed by atoms with Gasteiger partial charge in [-0.2, -0.15) is 0 Å². The zero-order valence-electron chi connectivity index (χ0n) is 9.07. The van der Waals surface area contributed by atoms with Crippen LogP contribution in [-0.2, 0) is 16.0 Å². The van der Waals surface area contributed by atoms with Gasteiger partial charge in [-0.05, 0) is 28.5 Å². The second kappa shape index (κ2) is 4.23. The maximum Gasteiger partial charge on any atom is 0.310 e. The summed E-state index contributed by atoms with van der Waals surface area (Å²) in [6, 6.07) is 11.6. The number of benzene rings is 2. The van der Waals surface area contributed by atoms with E-state index in [1.54, 1.807) is 0 Å². The second-order valence-electron chi connectivity index (χ2n) is 3.65. The lowest BCUT2D eigenvalue weighted by atomic mass is 10.0. The molecule has 3 nitrogen and oxygen atoms in total. The van der Waals surface area contributed by atoms with Crippen molar-refractivity contribution in [3.8, 4) is 0 Å². The van der Waals surface area contributed by atoms with Crippen molar-refractivity contribution in [3.05, 3.63) is 42.0 Å². The lowest BCUT2D eigenvalue weighted by Gasteiger charge is -2.07. The van der Waals surface area contributed by atoms with Crippen LogP contribution in [0.4, 0.5) is 5.69 Å². The van der Waals surface area contributed by atoms with Gasteiger partial charge in [0, 0.05) is 5.69 Å². The van der Waals surface area contributed by atoms with Crippen LogP contribution in [0.25, 0.3) is 10.8 Å². The van der Waals surface area contributed by atoms with E-state index in [2.05, 4.69) is 4.74 Å². The average molecular weight is 215 g/mol. The zero-order valence-corrected chi connectivity index (χ0v) is 9.07. The Kier molecular flexibility index (Phi) is 2.77. The van der Waals surface area contributed by atoms with Crippen LogP contribution in [0.1, 0.15) is 5.56 Å². The fourth-order valence-corrected chi connectivity index (χ4v) is 1.79. The smallest absolute Gasteiger partial charge is 0.310 e. The van der Waals surface area contributed by atoms with Gasteiger partial charge in [0.25, 0.3) is 0 Å². The maximum atomic E-state index is 11.3. The van der Waals surface area contributed by atoms with Crippen LogP contribution in [0.5, 0.6) is 0 Å². The van der Waals surface area contributed by atoms with E-state index in [0.29, 0.717) is 5.69 Å². The van der Waals surface area contributed by atoms with Gasteiger partial charge in [0.2, 0.25) is 0 Å². The van der Waals surface area contributed by atoms with Crippen LogP contribution < -0.4 is 5.73 Å². The number of carbonyl (C=O) groups is 1. The molecule has 0 atom stereocenters. The Bertz CT molecular complexity index is 534. The highest BCUT2D eigenvalue weighted by Crippen LogP contribution is 2.22. The van der Waals surface area contributed by atoms with Crippen molar-refractivity contribution in [2.24, 2.45) is 0 Å². The Hall–Kier alpha value is -2.03. The maximum absolute atomic E-state index is 11.3. The highest BCUT2D eigenvalue weighted by molar-refractivity contribution is 5.91. The Balaban J connectivity index is 2.54. The predicted molar refractivity (Wildman–Crippen MR) is 64.1 cm³/mol. The zero-order chi connectivity index (χ0) is 11.5. The number of carbonyl (C=O) groups excluding carboxylic acids is 1. The lowest BCUT2D eigenvalue weighted by molar-refractivity contribution is -0.139. The van der Waals surface area contributed by atoms with E-state index >= 15 is 0 Å². The van der Waals surface area contributed by atoms with E-state index < -0.39 is 0 Å². The first-order valence-corrected chi connectivity index (χ1v) is 5.04. The number of anilines is 1. The van der Waals surface area contributed by atoms with E-state index in [0.717, 1.165) is 16.3 Å². The van der Waals surface area contributed by atoms with Crippen LogP contribution in [0.3, 0.4) is 0 Å². The molecule has 0 unspecified atom stereocenters. The fraction of sp³-hybridized carbons (Fsp3) is 0.154. The Labute approximate surface area is 93.8 Å². The molecule has 0 saturated carbocycles. The molecule has 0 saturated heterocycles. The number of hydrogen-bond donors (Lipinski definition) is 1. The van der Waals surface area contributed by atoms with Crippen molar-refractivity contribution >= 4 is 22.4 Å². The number of hydrogen-bond acceptors (Lipinski definition) is 3. The molecule has 0 amide bonds. The SMILES string of the molecule is COC(=O)Cc1cc(N)cc2ccccc12. The Morgan fingerprint density at radius 2 is 2.06 bits per heavy atom. The van der Waals surface area contributed by atoms with E-state index in [4.69, 9.17) is 5.73 Å². The molecule has 2 aromatic carbocycles. The molecule has 3 heteroatoms. The number of nitrogens with two attached hydrogens (primary N) is 1. The highest BCUT2D eigenvalue weighted by atomic mass is 16.5. The number of esters is 1. The largest absolute Gasteiger partial charge is 0.469 e. The standard InChI is InChI=1S/C13H13NO2/c1-16-13(15)8-10-7-11(14)6-9-4-2-3-5-12(9)10/h2-7H,8,14H2,1H3. The van der Waals surface area contributed by atoms with E-state index in [1.165, 1.54) is 7.11 Å². The summed E-state index contributed by atoms with van der Waals surface area (Å²) < 4.78 is 4.66. The topological polar surface area (TPSA) is 52.3 Å². The molecule has 2 N–H and O–H groups in total. The minimum atomic E-state index is -0.254. The van der Waals surface area contributed by atoms with Crippen molar-refractivity contribution in [3.63, 3.8) is 0 Å². The molecule has 0 aromatic heterocycles.